The molecule has 88 valence electrons. The largest absolute Gasteiger partial charge is 0.310 e. The number of halogens is 1. The first-order valence-electron chi connectivity index (χ1n) is 5.84. The van der Waals surface area contributed by atoms with Crippen molar-refractivity contribution in [1.82, 2.24) is 15.5 Å². The highest BCUT2D eigenvalue weighted by Crippen LogP contribution is 2.24. The molecule has 0 atom stereocenters. The highest BCUT2D eigenvalue weighted by atomic mass is 19.1. The van der Waals surface area contributed by atoms with Gasteiger partial charge in [-0.25, -0.2) is 4.39 Å². The van der Waals surface area contributed by atoms with Gasteiger partial charge in [-0.1, -0.05) is 12.1 Å². The third-order valence-electron chi connectivity index (χ3n) is 2.99. The monoisotopic (exact) mass is 231 g/mol. The maximum Gasteiger partial charge on any atom is 0.123 e. The number of H-pyrrole nitrogens is 1. The average Bonchev–Trinajstić information content (AvgIpc) is 3.04. The van der Waals surface area contributed by atoms with Crippen LogP contribution in [0.3, 0.4) is 0 Å². The van der Waals surface area contributed by atoms with Crippen molar-refractivity contribution >= 4 is 0 Å². The Morgan fingerprint density at radius 3 is 3.06 bits per heavy atom. The molecular weight excluding hydrogens is 217 g/mol. The molecule has 1 heterocycles. The number of benzene rings is 1. The molecule has 1 aliphatic carbocycles. The van der Waals surface area contributed by atoms with Gasteiger partial charge in [0, 0.05) is 23.7 Å². The van der Waals surface area contributed by atoms with Crippen LogP contribution in [0.15, 0.2) is 30.5 Å². The second-order valence-electron chi connectivity index (χ2n) is 4.44. The molecule has 4 heteroatoms. The Bertz CT molecular complexity index is 517. The standard InChI is InChI=1S/C13H14FN3/c14-11-3-1-2-9(6-11)13-10(8-16-17-13)7-15-12-4-5-12/h1-3,6,8,12,15H,4-5,7H2,(H,16,17). The molecule has 1 aromatic carbocycles. The van der Waals surface area contributed by atoms with E-state index in [4.69, 9.17) is 0 Å². The molecule has 2 aromatic rings. The fourth-order valence-electron chi connectivity index (χ4n) is 1.88. The quantitative estimate of drug-likeness (QED) is 0.848. The Morgan fingerprint density at radius 1 is 1.41 bits per heavy atom. The van der Waals surface area contributed by atoms with Gasteiger partial charge in [0.05, 0.1) is 11.9 Å². The van der Waals surface area contributed by atoms with E-state index < -0.39 is 0 Å². The molecule has 1 saturated carbocycles. The number of aromatic amines is 1. The number of hydrogen-bond donors (Lipinski definition) is 2. The van der Waals surface area contributed by atoms with Crippen molar-refractivity contribution in [2.45, 2.75) is 25.4 Å². The number of nitrogens with zero attached hydrogens (tertiary/aromatic N) is 1. The number of hydrogen-bond acceptors (Lipinski definition) is 2. The van der Waals surface area contributed by atoms with Crippen molar-refractivity contribution in [3.05, 3.63) is 41.8 Å². The van der Waals surface area contributed by atoms with E-state index in [-0.39, 0.29) is 5.82 Å². The highest BCUT2D eigenvalue weighted by molar-refractivity contribution is 5.62. The molecule has 0 aliphatic heterocycles. The van der Waals surface area contributed by atoms with Crippen molar-refractivity contribution in [3.8, 4) is 11.3 Å². The molecule has 0 amide bonds. The van der Waals surface area contributed by atoms with E-state index in [0.717, 1.165) is 23.4 Å². The van der Waals surface area contributed by atoms with E-state index in [1.165, 1.54) is 25.0 Å². The second-order valence-corrected chi connectivity index (χ2v) is 4.44. The minimum absolute atomic E-state index is 0.224. The van der Waals surface area contributed by atoms with E-state index >= 15 is 0 Å². The van der Waals surface area contributed by atoms with Crippen molar-refractivity contribution in [3.63, 3.8) is 0 Å². The fraction of sp³-hybridized carbons (Fsp3) is 0.308. The molecule has 0 unspecified atom stereocenters. The van der Waals surface area contributed by atoms with Gasteiger partial charge in [0.1, 0.15) is 5.82 Å². The van der Waals surface area contributed by atoms with Crippen LogP contribution in [0.2, 0.25) is 0 Å². The minimum Gasteiger partial charge on any atom is -0.310 e. The molecule has 0 spiro atoms. The summed E-state index contributed by atoms with van der Waals surface area (Å²) >= 11 is 0. The lowest BCUT2D eigenvalue weighted by Gasteiger charge is -2.04. The molecule has 1 aromatic heterocycles. The van der Waals surface area contributed by atoms with Crippen molar-refractivity contribution in [2.24, 2.45) is 0 Å². The van der Waals surface area contributed by atoms with Crippen LogP contribution in [-0.2, 0) is 6.54 Å². The van der Waals surface area contributed by atoms with Crippen molar-refractivity contribution in [2.75, 3.05) is 0 Å². The number of rotatable bonds is 4. The average molecular weight is 231 g/mol. The Kier molecular flexibility index (Phi) is 2.65. The summed E-state index contributed by atoms with van der Waals surface area (Å²) in [7, 11) is 0. The van der Waals surface area contributed by atoms with Gasteiger partial charge in [0.15, 0.2) is 0 Å². The molecule has 2 N–H and O–H groups in total. The van der Waals surface area contributed by atoms with Crippen molar-refractivity contribution in [1.29, 1.82) is 0 Å². The van der Waals surface area contributed by atoms with E-state index in [1.807, 2.05) is 6.07 Å². The SMILES string of the molecule is Fc1cccc(-c2[nH]ncc2CNC2CC2)c1. The van der Waals surface area contributed by atoms with E-state index in [1.54, 1.807) is 12.3 Å². The van der Waals surface area contributed by atoms with Gasteiger partial charge in [-0.05, 0) is 25.0 Å². The molecular formula is C13H14FN3. The maximum atomic E-state index is 13.2. The van der Waals surface area contributed by atoms with Crippen molar-refractivity contribution < 1.29 is 4.39 Å². The number of aromatic nitrogens is 2. The van der Waals surface area contributed by atoms with Crippen LogP contribution in [0.4, 0.5) is 4.39 Å². The zero-order valence-electron chi connectivity index (χ0n) is 9.41. The normalized spacial score (nSPS) is 15.1. The summed E-state index contributed by atoms with van der Waals surface area (Å²) in [6.45, 7) is 0.785. The molecule has 0 radical (unpaired) electrons. The van der Waals surface area contributed by atoms with Gasteiger partial charge in [-0.2, -0.15) is 5.10 Å². The summed E-state index contributed by atoms with van der Waals surface area (Å²) < 4.78 is 13.2. The van der Waals surface area contributed by atoms with Crippen LogP contribution in [-0.4, -0.2) is 16.2 Å². The molecule has 1 aliphatic rings. The summed E-state index contributed by atoms with van der Waals surface area (Å²) in [5.74, 6) is -0.224. The topological polar surface area (TPSA) is 40.7 Å². The summed E-state index contributed by atoms with van der Waals surface area (Å²) in [6, 6.07) is 7.22. The second kappa shape index (κ2) is 4.30. The van der Waals surface area contributed by atoms with Crippen LogP contribution in [0.5, 0.6) is 0 Å². The van der Waals surface area contributed by atoms with Gasteiger partial charge in [-0.15, -0.1) is 0 Å². The van der Waals surface area contributed by atoms with Crippen LogP contribution < -0.4 is 5.32 Å². The smallest absolute Gasteiger partial charge is 0.123 e. The molecule has 0 bridgehead atoms. The summed E-state index contributed by atoms with van der Waals surface area (Å²) in [6.07, 6.45) is 4.32. The molecule has 3 rings (SSSR count). The van der Waals surface area contributed by atoms with E-state index in [2.05, 4.69) is 15.5 Å². The van der Waals surface area contributed by atoms with Gasteiger partial charge in [-0.3, -0.25) is 5.10 Å². The van der Waals surface area contributed by atoms with Gasteiger partial charge in [0.25, 0.3) is 0 Å². The van der Waals surface area contributed by atoms with Gasteiger partial charge < -0.3 is 5.32 Å². The lowest BCUT2D eigenvalue weighted by atomic mass is 10.1. The number of nitrogens with one attached hydrogen (secondary N) is 2. The van der Waals surface area contributed by atoms with Gasteiger partial charge >= 0.3 is 0 Å². The van der Waals surface area contributed by atoms with Crippen LogP contribution in [0.1, 0.15) is 18.4 Å². The zero-order chi connectivity index (χ0) is 11.7. The zero-order valence-corrected chi connectivity index (χ0v) is 9.41. The molecule has 0 saturated heterocycles. The summed E-state index contributed by atoms with van der Waals surface area (Å²) in [5.41, 5.74) is 2.83. The fourth-order valence-corrected chi connectivity index (χ4v) is 1.88. The third-order valence-corrected chi connectivity index (χ3v) is 2.99. The first-order valence-corrected chi connectivity index (χ1v) is 5.84. The van der Waals surface area contributed by atoms with E-state index in [0.29, 0.717) is 6.04 Å². The Labute approximate surface area is 99.1 Å². The predicted octanol–water partition coefficient (Wildman–Crippen LogP) is 2.47. The minimum atomic E-state index is -0.224. The Morgan fingerprint density at radius 2 is 2.29 bits per heavy atom. The Balaban J connectivity index is 1.83. The lowest BCUT2D eigenvalue weighted by Crippen LogP contribution is -2.15. The van der Waals surface area contributed by atoms with Crippen LogP contribution in [0.25, 0.3) is 11.3 Å². The summed E-state index contributed by atoms with van der Waals surface area (Å²) in [5, 5.41) is 10.4. The third kappa shape index (κ3) is 2.36. The molecule has 1 fully saturated rings. The summed E-state index contributed by atoms with van der Waals surface area (Å²) in [4.78, 5) is 0. The predicted molar refractivity (Wildman–Crippen MR) is 63.8 cm³/mol. The van der Waals surface area contributed by atoms with Gasteiger partial charge in [0.2, 0.25) is 0 Å². The van der Waals surface area contributed by atoms with Crippen LogP contribution >= 0.6 is 0 Å². The molecule has 17 heavy (non-hydrogen) atoms. The molecule has 3 nitrogen and oxygen atoms in total. The first-order chi connectivity index (χ1) is 8.33. The maximum absolute atomic E-state index is 13.2. The van der Waals surface area contributed by atoms with Crippen LogP contribution in [0, 0.1) is 5.82 Å². The highest BCUT2D eigenvalue weighted by Gasteiger charge is 2.20. The first kappa shape index (κ1) is 10.5. The van der Waals surface area contributed by atoms with E-state index in [9.17, 15) is 4.39 Å². The lowest BCUT2D eigenvalue weighted by molar-refractivity contribution is 0.628. The Hall–Kier alpha value is -1.68.